The third-order valence-corrected chi connectivity index (χ3v) is 2.99. The molecule has 1 amide bonds. The van der Waals surface area contributed by atoms with Crippen molar-refractivity contribution in [3.8, 4) is 6.07 Å². The lowest BCUT2D eigenvalue weighted by atomic mass is 10.0. The van der Waals surface area contributed by atoms with Crippen LogP contribution in [0.15, 0.2) is 30.3 Å². The molecule has 0 radical (unpaired) electrons. The molecular formula is C14H14N2O2. The number of amides is 1. The van der Waals surface area contributed by atoms with E-state index in [1.807, 2.05) is 6.07 Å². The summed E-state index contributed by atoms with van der Waals surface area (Å²) in [6.45, 7) is 1.41. The second-order valence-corrected chi connectivity index (χ2v) is 4.36. The van der Waals surface area contributed by atoms with E-state index in [0.29, 0.717) is 18.7 Å². The lowest BCUT2D eigenvalue weighted by Crippen LogP contribution is -2.50. The molecule has 0 saturated carbocycles. The Kier molecular flexibility index (Phi) is 3.75. The number of carbonyl (C=O) groups excluding carboxylic acids is 1. The first kappa shape index (κ1) is 12.3. The van der Waals surface area contributed by atoms with Gasteiger partial charge in [0.2, 0.25) is 5.91 Å². The molecule has 0 bridgehead atoms. The van der Waals surface area contributed by atoms with Gasteiger partial charge in [-0.25, -0.2) is 0 Å². The summed E-state index contributed by atoms with van der Waals surface area (Å²) in [7, 11) is 0. The summed E-state index contributed by atoms with van der Waals surface area (Å²) in [5.74, 6) is 0.196. The second kappa shape index (κ2) is 5.48. The highest BCUT2D eigenvalue weighted by Gasteiger charge is 2.28. The van der Waals surface area contributed by atoms with Crippen molar-refractivity contribution in [2.24, 2.45) is 5.92 Å². The average molecular weight is 242 g/mol. The fourth-order valence-electron chi connectivity index (χ4n) is 1.81. The Morgan fingerprint density at radius 2 is 2.11 bits per heavy atom. The molecule has 92 valence electrons. The summed E-state index contributed by atoms with van der Waals surface area (Å²) in [4.78, 5) is 13.4. The van der Waals surface area contributed by atoms with Crippen LogP contribution >= 0.6 is 0 Å². The number of hydrogen-bond acceptors (Lipinski definition) is 3. The molecule has 2 rings (SSSR count). The molecule has 1 aromatic carbocycles. The van der Waals surface area contributed by atoms with Crippen molar-refractivity contribution in [2.75, 3.05) is 19.7 Å². The Bertz CT molecular complexity index is 494. The van der Waals surface area contributed by atoms with Gasteiger partial charge in [-0.05, 0) is 23.8 Å². The minimum absolute atomic E-state index is 0.0379. The molecule has 4 nitrogen and oxygen atoms in total. The van der Waals surface area contributed by atoms with Crippen molar-refractivity contribution in [3.05, 3.63) is 41.5 Å². The van der Waals surface area contributed by atoms with E-state index in [0.717, 1.165) is 5.56 Å². The van der Waals surface area contributed by atoms with Gasteiger partial charge < -0.3 is 10.0 Å². The van der Waals surface area contributed by atoms with Gasteiger partial charge in [0, 0.05) is 31.7 Å². The minimum Gasteiger partial charge on any atom is -0.396 e. The van der Waals surface area contributed by atoms with Gasteiger partial charge in [-0.15, -0.1) is 0 Å². The van der Waals surface area contributed by atoms with E-state index in [4.69, 9.17) is 10.4 Å². The molecule has 0 spiro atoms. The molecule has 18 heavy (non-hydrogen) atoms. The summed E-state index contributed by atoms with van der Waals surface area (Å²) < 4.78 is 0. The number of aliphatic hydroxyl groups excluding tert-OH is 1. The molecule has 1 saturated heterocycles. The van der Waals surface area contributed by atoms with Crippen molar-refractivity contribution < 1.29 is 9.90 Å². The van der Waals surface area contributed by atoms with E-state index in [9.17, 15) is 4.79 Å². The smallest absolute Gasteiger partial charge is 0.246 e. The Labute approximate surface area is 106 Å². The van der Waals surface area contributed by atoms with Crippen LogP contribution in [0.3, 0.4) is 0 Å². The molecule has 1 aliphatic rings. The molecule has 0 aromatic heterocycles. The molecule has 4 heteroatoms. The number of likely N-dealkylation sites (tertiary alicyclic amines) is 1. The van der Waals surface area contributed by atoms with Crippen molar-refractivity contribution >= 4 is 12.0 Å². The fraction of sp³-hybridized carbons (Fsp3) is 0.286. The zero-order valence-electron chi connectivity index (χ0n) is 9.91. The van der Waals surface area contributed by atoms with Crippen molar-refractivity contribution in [3.63, 3.8) is 0 Å². The monoisotopic (exact) mass is 242 g/mol. The van der Waals surface area contributed by atoms with Crippen molar-refractivity contribution in [2.45, 2.75) is 0 Å². The van der Waals surface area contributed by atoms with E-state index < -0.39 is 0 Å². The number of carbonyl (C=O) groups is 1. The molecule has 1 aromatic rings. The lowest BCUT2D eigenvalue weighted by Gasteiger charge is -2.37. The molecule has 1 N–H and O–H groups in total. The zero-order valence-corrected chi connectivity index (χ0v) is 9.91. The zero-order chi connectivity index (χ0) is 13.0. The Balaban J connectivity index is 1.90. The SMILES string of the molecule is N#Cc1ccc(C=CC(=O)N2CC(CO)C2)cc1. The molecule has 1 heterocycles. The van der Waals surface area contributed by atoms with Crippen molar-refractivity contribution in [1.29, 1.82) is 5.26 Å². The number of hydrogen-bond donors (Lipinski definition) is 1. The van der Waals surface area contributed by atoms with Crippen LogP contribution in [0.2, 0.25) is 0 Å². The van der Waals surface area contributed by atoms with Crippen LogP contribution in [-0.4, -0.2) is 35.6 Å². The molecule has 0 aliphatic carbocycles. The van der Waals surface area contributed by atoms with Gasteiger partial charge in [0.15, 0.2) is 0 Å². The van der Waals surface area contributed by atoms with Crippen molar-refractivity contribution in [1.82, 2.24) is 4.90 Å². The summed E-state index contributed by atoms with van der Waals surface area (Å²) in [6, 6.07) is 9.08. The van der Waals surface area contributed by atoms with E-state index in [-0.39, 0.29) is 18.4 Å². The second-order valence-electron chi connectivity index (χ2n) is 4.36. The van der Waals surface area contributed by atoms with Gasteiger partial charge in [0.1, 0.15) is 0 Å². The Morgan fingerprint density at radius 1 is 1.44 bits per heavy atom. The van der Waals surface area contributed by atoms with Gasteiger partial charge in [-0.1, -0.05) is 12.1 Å². The number of rotatable bonds is 3. The predicted octanol–water partition coefficient (Wildman–Crippen LogP) is 1.02. The highest BCUT2D eigenvalue weighted by Crippen LogP contribution is 2.15. The third-order valence-electron chi connectivity index (χ3n) is 2.99. The van der Waals surface area contributed by atoms with Gasteiger partial charge >= 0.3 is 0 Å². The molecule has 0 atom stereocenters. The predicted molar refractivity (Wildman–Crippen MR) is 67.3 cm³/mol. The van der Waals surface area contributed by atoms with E-state index in [1.54, 1.807) is 35.2 Å². The fourth-order valence-corrected chi connectivity index (χ4v) is 1.81. The maximum Gasteiger partial charge on any atom is 0.246 e. The van der Waals surface area contributed by atoms with Crippen LogP contribution < -0.4 is 0 Å². The molecule has 0 unspecified atom stereocenters. The number of benzene rings is 1. The Morgan fingerprint density at radius 3 is 2.67 bits per heavy atom. The first-order valence-electron chi connectivity index (χ1n) is 5.81. The van der Waals surface area contributed by atoms with E-state index in [2.05, 4.69) is 0 Å². The minimum atomic E-state index is -0.0379. The Hall–Kier alpha value is -2.12. The van der Waals surface area contributed by atoms with Crippen LogP contribution in [-0.2, 0) is 4.79 Å². The normalized spacial score (nSPS) is 15.4. The molecule has 1 fully saturated rings. The molecule has 1 aliphatic heterocycles. The topological polar surface area (TPSA) is 64.3 Å². The number of nitrogens with zero attached hydrogens (tertiary/aromatic N) is 2. The number of nitriles is 1. The van der Waals surface area contributed by atoms with Crippen LogP contribution in [0.5, 0.6) is 0 Å². The highest BCUT2D eigenvalue weighted by molar-refractivity contribution is 5.92. The first-order chi connectivity index (χ1) is 8.72. The third kappa shape index (κ3) is 2.76. The highest BCUT2D eigenvalue weighted by atomic mass is 16.3. The maximum atomic E-state index is 11.7. The maximum absolute atomic E-state index is 11.7. The summed E-state index contributed by atoms with van der Waals surface area (Å²) in [5, 5.41) is 17.5. The van der Waals surface area contributed by atoms with Crippen LogP contribution in [0.4, 0.5) is 0 Å². The molecular weight excluding hydrogens is 228 g/mol. The van der Waals surface area contributed by atoms with E-state index in [1.165, 1.54) is 6.08 Å². The summed E-state index contributed by atoms with van der Waals surface area (Å²) in [6.07, 6.45) is 3.25. The average Bonchev–Trinajstić information content (AvgIpc) is 2.36. The quantitative estimate of drug-likeness (QED) is 0.805. The van der Waals surface area contributed by atoms with Crippen LogP contribution in [0, 0.1) is 17.2 Å². The van der Waals surface area contributed by atoms with Gasteiger partial charge in [-0.3, -0.25) is 4.79 Å². The first-order valence-corrected chi connectivity index (χ1v) is 5.81. The standard InChI is InChI=1S/C14H14N2O2/c15-7-12-3-1-11(2-4-12)5-6-14(18)16-8-13(9-16)10-17/h1-6,13,17H,8-10H2. The van der Waals surface area contributed by atoms with Gasteiger partial charge in [0.05, 0.1) is 11.6 Å². The summed E-state index contributed by atoms with van der Waals surface area (Å²) in [5.41, 5.74) is 1.49. The van der Waals surface area contributed by atoms with Crippen LogP contribution in [0.1, 0.15) is 11.1 Å². The number of aliphatic hydroxyl groups is 1. The van der Waals surface area contributed by atoms with E-state index >= 15 is 0 Å². The van der Waals surface area contributed by atoms with Crippen LogP contribution in [0.25, 0.3) is 6.08 Å². The van der Waals surface area contributed by atoms with Gasteiger partial charge in [-0.2, -0.15) is 5.26 Å². The lowest BCUT2D eigenvalue weighted by molar-refractivity contribution is -0.132. The summed E-state index contributed by atoms with van der Waals surface area (Å²) >= 11 is 0. The van der Waals surface area contributed by atoms with Gasteiger partial charge in [0.25, 0.3) is 0 Å². The largest absolute Gasteiger partial charge is 0.396 e.